The van der Waals surface area contributed by atoms with Crippen LogP contribution in [0, 0.1) is 0 Å². The lowest BCUT2D eigenvalue weighted by Crippen LogP contribution is -2.37. The molecule has 0 fully saturated rings. The van der Waals surface area contributed by atoms with Crippen LogP contribution in [0.25, 0.3) is 0 Å². The zero-order valence-electron chi connectivity index (χ0n) is 17.4. The van der Waals surface area contributed by atoms with Crippen molar-refractivity contribution in [2.24, 2.45) is 16.5 Å². The van der Waals surface area contributed by atoms with Crippen molar-refractivity contribution in [2.45, 2.75) is 12.2 Å². The van der Waals surface area contributed by atoms with Crippen molar-refractivity contribution in [1.29, 1.82) is 0 Å². The molecule has 0 aliphatic rings. The maximum Gasteiger partial charge on any atom is 0.453 e. The summed E-state index contributed by atoms with van der Waals surface area (Å²) >= 11 is 0. The van der Waals surface area contributed by atoms with Crippen LogP contribution in [0.3, 0.4) is 0 Å². The fraction of sp³-hybridized carbons (Fsp3) is 0.0909. The van der Waals surface area contributed by atoms with Crippen LogP contribution in [0.5, 0.6) is 11.5 Å². The first-order valence-corrected chi connectivity index (χ1v) is 11.2. The Kier molecular flexibility index (Phi) is 9.15. The first kappa shape index (κ1) is 25.6. The maximum absolute atomic E-state index is 14.0. The van der Waals surface area contributed by atoms with E-state index in [9.17, 15) is 14.5 Å². The van der Waals surface area contributed by atoms with Crippen LogP contribution < -0.4 is 25.8 Å². The van der Waals surface area contributed by atoms with Crippen LogP contribution in [0.2, 0.25) is 0 Å². The van der Waals surface area contributed by atoms with Gasteiger partial charge in [-0.15, -0.1) is 12.4 Å². The molecule has 0 saturated heterocycles. The van der Waals surface area contributed by atoms with Gasteiger partial charge >= 0.3 is 13.7 Å². The number of benzene rings is 3. The number of nitrogens with two attached hydrogens (primary N) is 2. The summed E-state index contributed by atoms with van der Waals surface area (Å²) in [6.45, 7) is 0. The van der Waals surface area contributed by atoms with E-state index in [2.05, 4.69) is 10.3 Å². The Hall–Kier alpha value is -3.68. The third-order valence-electron chi connectivity index (χ3n) is 4.25. The van der Waals surface area contributed by atoms with Gasteiger partial charge in [0.25, 0.3) is 0 Å². The number of guanidine groups is 1. The first-order valence-electron chi connectivity index (χ1n) is 9.61. The summed E-state index contributed by atoms with van der Waals surface area (Å²) < 4.78 is 25.5. The van der Waals surface area contributed by atoms with E-state index in [1.165, 1.54) is 0 Å². The lowest BCUT2D eigenvalue weighted by atomic mass is 10.1. The van der Waals surface area contributed by atoms with Crippen LogP contribution >= 0.6 is 20.0 Å². The van der Waals surface area contributed by atoms with Crippen LogP contribution in [0.4, 0.5) is 10.5 Å². The standard InChI is InChI=1S/C22H23N4O5P.ClH/c23-21(24)25-17-13-11-16(12-14-17)15-20(26-22(27)28)32(29,30-18-7-3-1-4-8-18)31-19-9-5-2-6-10-19;/h1-14,20,26H,15H2,(H,27,28)(H4,23,24,25);1H. The van der Waals surface area contributed by atoms with Gasteiger partial charge in [0, 0.05) is 6.42 Å². The van der Waals surface area contributed by atoms with Gasteiger partial charge in [0.2, 0.25) is 0 Å². The van der Waals surface area contributed by atoms with E-state index in [0.717, 1.165) is 0 Å². The van der Waals surface area contributed by atoms with Crippen LogP contribution in [-0.2, 0) is 11.0 Å². The number of aliphatic imine (C=N–C) groups is 1. The van der Waals surface area contributed by atoms with Crippen molar-refractivity contribution in [3.05, 3.63) is 90.5 Å². The van der Waals surface area contributed by atoms with Crippen molar-refractivity contribution < 1.29 is 23.5 Å². The molecule has 6 N–H and O–H groups in total. The van der Waals surface area contributed by atoms with E-state index < -0.39 is 19.5 Å². The SMILES string of the molecule is Cl.NC(N)=Nc1ccc(CC(NC(=O)O)P(=O)(Oc2ccccc2)Oc2ccccc2)cc1. The molecule has 3 aromatic carbocycles. The number of halogens is 1. The molecule has 1 unspecified atom stereocenters. The van der Waals surface area contributed by atoms with E-state index in [4.69, 9.17) is 20.5 Å². The van der Waals surface area contributed by atoms with Gasteiger partial charge in [-0.3, -0.25) is 0 Å². The summed E-state index contributed by atoms with van der Waals surface area (Å²) in [5, 5.41) is 11.7. The molecule has 0 heterocycles. The summed E-state index contributed by atoms with van der Waals surface area (Å²) in [6, 6.07) is 23.6. The molecular formula is C22H24ClN4O5P. The van der Waals surface area contributed by atoms with Crippen LogP contribution in [0.15, 0.2) is 89.9 Å². The highest BCUT2D eigenvalue weighted by Crippen LogP contribution is 2.52. The van der Waals surface area contributed by atoms with Crippen molar-refractivity contribution >= 4 is 37.7 Å². The molecule has 3 rings (SSSR count). The number of rotatable bonds is 9. The molecule has 9 nitrogen and oxygen atoms in total. The third kappa shape index (κ3) is 7.75. The molecule has 11 heteroatoms. The van der Waals surface area contributed by atoms with E-state index in [0.29, 0.717) is 11.3 Å². The fourth-order valence-electron chi connectivity index (χ4n) is 2.87. The topological polar surface area (TPSA) is 149 Å². The zero-order valence-corrected chi connectivity index (χ0v) is 19.1. The summed E-state index contributed by atoms with van der Waals surface area (Å²) in [7, 11) is -4.09. The Bertz CT molecular complexity index is 1070. The quantitative estimate of drug-likeness (QED) is 0.196. The smallest absolute Gasteiger partial charge is 0.453 e. The van der Waals surface area contributed by atoms with Gasteiger partial charge in [0.05, 0.1) is 5.69 Å². The van der Waals surface area contributed by atoms with Gasteiger partial charge in [-0.25, -0.2) is 14.4 Å². The maximum atomic E-state index is 14.0. The Morgan fingerprint density at radius 2 is 1.39 bits per heavy atom. The molecule has 0 radical (unpaired) electrons. The minimum atomic E-state index is -4.09. The van der Waals surface area contributed by atoms with Gasteiger partial charge in [0.15, 0.2) is 11.7 Å². The number of hydrogen-bond donors (Lipinski definition) is 4. The molecular weight excluding hydrogens is 467 g/mol. The highest BCUT2D eigenvalue weighted by atomic mass is 35.5. The lowest BCUT2D eigenvalue weighted by molar-refractivity contribution is 0.191. The number of carbonyl (C=O) groups is 1. The van der Waals surface area contributed by atoms with Gasteiger partial charge in [-0.1, -0.05) is 48.5 Å². The van der Waals surface area contributed by atoms with E-state index >= 15 is 0 Å². The fourth-order valence-corrected chi connectivity index (χ4v) is 4.69. The second-order valence-electron chi connectivity index (χ2n) is 6.72. The Labute approximate surface area is 197 Å². The van der Waals surface area contributed by atoms with Gasteiger partial charge in [0.1, 0.15) is 11.5 Å². The molecule has 0 spiro atoms. The monoisotopic (exact) mass is 490 g/mol. The van der Waals surface area contributed by atoms with Crippen molar-refractivity contribution in [2.75, 3.05) is 0 Å². The molecule has 0 aliphatic carbocycles. The number of hydrogen-bond acceptors (Lipinski definition) is 5. The number of para-hydroxylation sites is 2. The van der Waals surface area contributed by atoms with Crippen LogP contribution in [0.1, 0.15) is 5.56 Å². The third-order valence-corrected chi connectivity index (χ3v) is 6.25. The van der Waals surface area contributed by atoms with Gasteiger partial charge in [-0.2, -0.15) is 0 Å². The summed E-state index contributed by atoms with van der Waals surface area (Å²) in [4.78, 5) is 15.5. The summed E-state index contributed by atoms with van der Waals surface area (Å²) in [5.74, 6) is -0.714. The molecule has 1 amide bonds. The molecule has 0 aliphatic heterocycles. The minimum Gasteiger partial charge on any atom is -0.465 e. The minimum absolute atomic E-state index is 0. The highest BCUT2D eigenvalue weighted by molar-refractivity contribution is 7.55. The number of nitrogens with one attached hydrogen (secondary N) is 1. The largest absolute Gasteiger partial charge is 0.465 e. The van der Waals surface area contributed by atoms with Gasteiger partial charge < -0.3 is 30.9 Å². The predicted octanol–water partition coefficient (Wildman–Crippen LogP) is 4.50. The number of amides is 1. The zero-order chi connectivity index (χ0) is 23.0. The molecule has 1 atom stereocenters. The molecule has 0 aromatic heterocycles. The summed E-state index contributed by atoms with van der Waals surface area (Å²) in [6.07, 6.45) is -1.33. The van der Waals surface area contributed by atoms with Crippen molar-refractivity contribution in [1.82, 2.24) is 5.32 Å². The molecule has 174 valence electrons. The number of carboxylic acid groups (broad SMARTS) is 1. The predicted molar refractivity (Wildman–Crippen MR) is 130 cm³/mol. The van der Waals surface area contributed by atoms with E-state index in [1.807, 2.05) is 0 Å². The highest BCUT2D eigenvalue weighted by Gasteiger charge is 2.41. The molecule has 3 aromatic rings. The average molecular weight is 491 g/mol. The Morgan fingerprint density at radius 1 is 0.909 bits per heavy atom. The molecule has 0 saturated carbocycles. The summed E-state index contributed by atoms with van der Waals surface area (Å²) in [5.41, 5.74) is 12.0. The normalized spacial score (nSPS) is 11.4. The van der Waals surface area contributed by atoms with Gasteiger partial charge in [-0.05, 0) is 42.0 Å². The second-order valence-corrected chi connectivity index (χ2v) is 8.79. The first-order chi connectivity index (χ1) is 15.3. The molecule has 33 heavy (non-hydrogen) atoms. The average Bonchev–Trinajstić information content (AvgIpc) is 2.75. The van der Waals surface area contributed by atoms with Crippen molar-refractivity contribution in [3.63, 3.8) is 0 Å². The van der Waals surface area contributed by atoms with E-state index in [-0.39, 0.29) is 36.3 Å². The molecule has 0 bridgehead atoms. The Morgan fingerprint density at radius 3 is 1.82 bits per heavy atom. The van der Waals surface area contributed by atoms with Crippen molar-refractivity contribution in [3.8, 4) is 11.5 Å². The number of nitrogens with zero attached hydrogens (tertiary/aromatic N) is 1. The second kappa shape index (κ2) is 11.8. The van der Waals surface area contributed by atoms with E-state index in [1.54, 1.807) is 84.9 Å². The Balaban J connectivity index is 0.00000385. The lowest BCUT2D eigenvalue weighted by Gasteiger charge is -2.27. The van der Waals surface area contributed by atoms with Crippen LogP contribution in [-0.4, -0.2) is 22.9 Å².